The second kappa shape index (κ2) is 7.10. The normalized spacial score (nSPS) is 18.1. The Balaban J connectivity index is 1.82. The maximum Gasteiger partial charge on any atom is 0.335 e. The van der Waals surface area contributed by atoms with Gasteiger partial charge in [0.1, 0.15) is 0 Å². The number of likely N-dealkylation sites (tertiary alicyclic amines) is 1. The first kappa shape index (κ1) is 17.4. The number of carboxylic acid groups (broad SMARTS) is 1. The van der Waals surface area contributed by atoms with Crippen LogP contribution in [-0.2, 0) is 21.2 Å². The van der Waals surface area contributed by atoms with Gasteiger partial charge in [0, 0.05) is 25.6 Å². The van der Waals surface area contributed by atoms with Gasteiger partial charge in [-0.1, -0.05) is 12.1 Å². The van der Waals surface area contributed by atoms with E-state index in [0.717, 1.165) is 11.8 Å². The largest absolute Gasteiger partial charge is 0.478 e. The fourth-order valence-electron chi connectivity index (χ4n) is 2.61. The number of rotatable bonds is 6. The molecule has 1 aromatic rings. The van der Waals surface area contributed by atoms with Crippen LogP contribution in [0.2, 0.25) is 0 Å². The maximum atomic E-state index is 12.2. The van der Waals surface area contributed by atoms with Gasteiger partial charge in [-0.25, -0.2) is 17.9 Å². The highest BCUT2D eigenvalue weighted by Crippen LogP contribution is 2.13. The van der Waals surface area contributed by atoms with Gasteiger partial charge in [0.15, 0.2) is 0 Å². The Hall–Kier alpha value is -1.93. The highest BCUT2D eigenvalue weighted by atomic mass is 32.2. The average Bonchev–Trinajstić information content (AvgIpc) is 2.91. The van der Waals surface area contributed by atoms with Crippen molar-refractivity contribution in [1.82, 2.24) is 9.62 Å². The van der Waals surface area contributed by atoms with Crippen LogP contribution in [-0.4, -0.2) is 55.7 Å². The molecule has 0 saturated carbocycles. The van der Waals surface area contributed by atoms with E-state index in [9.17, 15) is 18.0 Å². The molecule has 0 aliphatic carbocycles. The van der Waals surface area contributed by atoms with Crippen LogP contribution in [0.15, 0.2) is 24.3 Å². The van der Waals surface area contributed by atoms with Crippen molar-refractivity contribution in [3.63, 3.8) is 0 Å². The van der Waals surface area contributed by atoms with Crippen molar-refractivity contribution < 1.29 is 23.1 Å². The lowest BCUT2D eigenvalue weighted by atomic mass is 10.1. The van der Waals surface area contributed by atoms with Gasteiger partial charge in [0.25, 0.3) is 0 Å². The molecule has 0 radical (unpaired) electrons. The number of nitrogens with one attached hydrogen (secondary N) is 1. The third-order valence-electron chi connectivity index (χ3n) is 3.75. The smallest absolute Gasteiger partial charge is 0.335 e. The van der Waals surface area contributed by atoms with Crippen LogP contribution in [0.3, 0.4) is 0 Å². The number of carboxylic acids is 1. The Kier molecular flexibility index (Phi) is 5.38. The summed E-state index contributed by atoms with van der Waals surface area (Å²) in [5.74, 6) is -1.00. The van der Waals surface area contributed by atoms with Crippen LogP contribution in [0.5, 0.6) is 0 Å². The molecule has 0 bridgehead atoms. The molecule has 1 saturated heterocycles. The molecule has 1 aromatic carbocycles. The molecular formula is C15H20N2O5S. The first-order valence-electron chi connectivity index (χ1n) is 7.32. The summed E-state index contributed by atoms with van der Waals surface area (Å²) in [6.45, 7) is 0.938. The lowest BCUT2D eigenvalue weighted by molar-refractivity contribution is -0.130. The van der Waals surface area contributed by atoms with E-state index in [2.05, 4.69) is 4.72 Å². The Morgan fingerprint density at radius 2 is 1.96 bits per heavy atom. The number of hydrogen-bond acceptors (Lipinski definition) is 4. The van der Waals surface area contributed by atoms with Crippen molar-refractivity contribution in [3.8, 4) is 0 Å². The number of sulfonamides is 1. The minimum absolute atomic E-state index is 0.0230. The third-order valence-corrected chi connectivity index (χ3v) is 4.51. The maximum absolute atomic E-state index is 12.2. The Bertz CT molecular complexity index is 684. The molecule has 1 fully saturated rings. The van der Waals surface area contributed by atoms with Gasteiger partial charge < -0.3 is 10.0 Å². The van der Waals surface area contributed by atoms with E-state index in [1.165, 1.54) is 12.1 Å². The number of carbonyl (C=O) groups is 2. The predicted molar refractivity (Wildman–Crippen MR) is 84.7 cm³/mol. The van der Waals surface area contributed by atoms with Gasteiger partial charge in [-0.2, -0.15) is 0 Å². The van der Waals surface area contributed by atoms with E-state index in [1.807, 2.05) is 0 Å². The van der Waals surface area contributed by atoms with Gasteiger partial charge in [-0.3, -0.25) is 4.79 Å². The van der Waals surface area contributed by atoms with Gasteiger partial charge >= 0.3 is 5.97 Å². The first-order valence-corrected chi connectivity index (χ1v) is 9.21. The number of carbonyl (C=O) groups excluding carboxylic acids is 1. The molecule has 7 nitrogen and oxygen atoms in total. The number of amides is 1. The van der Waals surface area contributed by atoms with Gasteiger partial charge in [0.05, 0.1) is 11.8 Å². The van der Waals surface area contributed by atoms with Crippen LogP contribution in [0, 0.1) is 0 Å². The summed E-state index contributed by atoms with van der Waals surface area (Å²) in [7, 11) is -3.26. The van der Waals surface area contributed by atoms with Crippen molar-refractivity contribution in [1.29, 1.82) is 0 Å². The van der Waals surface area contributed by atoms with Gasteiger partial charge in [0.2, 0.25) is 15.9 Å². The summed E-state index contributed by atoms with van der Waals surface area (Å²) < 4.78 is 24.9. The SMILES string of the molecule is CS(=O)(=O)N[C@@H]1CCN(C(=O)CCc2ccc(C(=O)O)cc2)C1. The molecule has 1 amide bonds. The zero-order valence-electron chi connectivity index (χ0n) is 12.9. The van der Waals surface area contributed by atoms with Crippen molar-refractivity contribution >= 4 is 21.9 Å². The second-order valence-electron chi connectivity index (χ2n) is 5.72. The number of nitrogens with zero attached hydrogens (tertiary/aromatic N) is 1. The molecule has 1 heterocycles. The van der Waals surface area contributed by atoms with E-state index >= 15 is 0 Å². The van der Waals surface area contributed by atoms with E-state index in [-0.39, 0.29) is 17.5 Å². The number of aryl methyl sites for hydroxylation is 1. The second-order valence-corrected chi connectivity index (χ2v) is 7.50. The highest BCUT2D eigenvalue weighted by molar-refractivity contribution is 7.88. The van der Waals surface area contributed by atoms with Gasteiger partial charge in [-0.05, 0) is 30.5 Å². The fraction of sp³-hybridized carbons (Fsp3) is 0.467. The number of hydrogen-bond donors (Lipinski definition) is 2. The van der Waals surface area contributed by atoms with Crippen LogP contribution in [0.1, 0.15) is 28.8 Å². The Labute approximate surface area is 135 Å². The molecule has 0 unspecified atom stereocenters. The van der Waals surface area contributed by atoms with Gasteiger partial charge in [-0.15, -0.1) is 0 Å². The van der Waals surface area contributed by atoms with E-state index in [0.29, 0.717) is 32.4 Å². The quantitative estimate of drug-likeness (QED) is 0.783. The molecule has 23 heavy (non-hydrogen) atoms. The standard InChI is InChI=1S/C15H20N2O5S/c1-23(21,22)16-13-8-9-17(10-13)14(18)7-4-11-2-5-12(6-3-11)15(19)20/h2-3,5-6,13,16H,4,7-10H2,1H3,(H,19,20)/t13-/m1/s1. The van der Waals surface area contributed by atoms with Crippen LogP contribution in [0.25, 0.3) is 0 Å². The van der Waals surface area contributed by atoms with Crippen LogP contribution < -0.4 is 4.72 Å². The van der Waals surface area contributed by atoms with Crippen LogP contribution >= 0.6 is 0 Å². The monoisotopic (exact) mass is 340 g/mol. The minimum atomic E-state index is -3.26. The third kappa shape index (κ3) is 5.33. The number of aromatic carboxylic acids is 1. The summed E-state index contributed by atoms with van der Waals surface area (Å²) in [5, 5.41) is 8.83. The van der Waals surface area contributed by atoms with E-state index in [1.54, 1.807) is 17.0 Å². The zero-order valence-corrected chi connectivity index (χ0v) is 13.7. The molecular weight excluding hydrogens is 320 g/mol. The van der Waals surface area contributed by atoms with Crippen LogP contribution in [0.4, 0.5) is 0 Å². The number of benzene rings is 1. The summed E-state index contributed by atoms with van der Waals surface area (Å²) >= 11 is 0. The zero-order chi connectivity index (χ0) is 17.0. The Morgan fingerprint density at radius 1 is 1.30 bits per heavy atom. The van der Waals surface area contributed by atoms with Crippen molar-refractivity contribution in [2.45, 2.75) is 25.3 Å². The summed E-state index contributed by atoms with van der Waals surface area (Å²) in [6.07, 6.45) is 2.57. The summed E-state index contributed by atoms with van der Waals surface area (Å²) in [6, 6.07) is 6.22. The molecule has 0 spiro atoms. The summed E-state index contributed by atoms with van der Waals surface area (Å²) in [4.78, 5) is 24.6. The fourth-order valence-corrected chi connectivity index (χ4v) is 3.41. The lowest BCUT2D eigenvalue weighted by Crippen LogP contribution is -2.37. The highest BCUT2D eigenvalue weighted by Gasteiger charge is 2.27. The topological polar surface area (TPSA) is 104 Å². The molecule has 0 aromatic heterocycles. The molecule has 1 atom stereocenters. The molecule has 2 N–H and O–H groups in total. The average molecular weight is 340 g/mol. The lowest BCUT2D eigenvalue weighted by Gasteiger charge is -2.16. The first-order chi connectivity index (χ1) is 10.7. The van der Waals surface area contributed by atoms with Crippen molar-refractivity contribution in [2.75, 3.05) is 19.3 Å². The summed E-state index contributed by atoms with van der Waals surface area (Å²) in [5.41, 5.74) is 1.11. The van der Waals surface area contributed by atoms with Crippen molar-refractivity contribution in [3.05, 3.63) is 35.4 Å². The van der Waals surface area contributed by atoms with Crippen molar-refractivity contribution in [2.24, 2.45) is 0 Å². The molecule has 1 aliphatic heterocycles. The molecule has 8 heteroatoms. The predicted octanol–water partition coefficient (Wildman–Crippen LogP) is 0.468. The molecule has 1 aliphatic rings. The van der Waals surface area contributed by atoms with E-state index < -0.39 is 16.0 Å². The molecule has 2 rings (SSSR count). The minimum Gasteiger partial charge on any atom is -0.478 e. The Morgan fingerprint density at radius 3 is 2.52 bits per heavy atom. The van der Waals surface area contributed by atoms with E-state index in [4.69, 9.17) is 5.11 Å². The molecule has 126 valence electrons.